The molecule has 1 atom stereocenters. The molecule has 0 aliphatic carbocycles. The third-order valence-corrected chi connectivity index (χ3v) is 6.86. The maximum Gasteiger partial charge on any atom is 0.255 e. The zero-order valence-electron chi connectivity index (χ0n) is 17.5. The second-order valence-corrected chi connectivity index (χ2v) is 8.50. The van der Waals surface area contributed by atoms with Gasteiger partial charge >= 0.3 is 0 Å². The van der Waals surface area contributed by atoms with Crippen LogP contribution in [0, 0.1) is 11.3 Å². The molecule has 0 N–H and O–H groups in total. The lowest BCUT2D eigenvalue weighted by Crippen LogP contribution is -2.45. The molecular formula is C25H25N5O. The minimum Gasteiger partial charge on any atom is -0.350 e. The summed E-state index contributed by atoms with van der Waals surface area (Å²) in [6.07, 6.45) is 6.79. The second-order valence-electron chi connectivity index (χ2n) is 8.50. The highest BCUT2D eigenvalue weighted by Crippen LogP contribution is 2.42. The minimum atomic E-state index is -0.0359. The SMILES string of the molecule is N#Cc1ccccc1C(=O)N1CCCC2(CCCN2c2ncnc3ccccc23)CC1. The fraction of sp³-hybridized carbons (Fsp3) is 0.360. The van der Waals surface area contributed by atoms with E-state index in [9.17, 15) is 10.1 Å². The molecule has 156 valence electrons. The van der Waals surface area contributed by atoms with Crippen molar-refractivity contribution in [3.05, 3.63) is 66.0 Å². The molecule has 1 aromatic heterocycles. The van der Waals surface area contributed by atoms with E-state index in [1.54, 1.807) is 24.5 Å². The first kappa shape index (κ1) is 19.5. The molecule has 3 aromatic rings. The van der Waals surface area contributed by atoms with Crippen LogP contribution in [0.4, 0.5) is 5.82 Å². The normalized spacial score (nSPS) is 21.3. The first-order chi connectivity index (χ1) is 15.2. The molecule has 6 heteroatoms. The molecule has 2 saturated heterocycles. The Hall–Kier alpha value is -3.46. The first-order valence-electron chi connectivity index (χ1n) is 11.0. The Balaban J connectivity index is 1.42. The van der Waals surface area contributed by atoms with E-state index in [4.69, 9.17) is 4.98 Å². The van der Waals surface area contributed by atoms with E-state index in [0.29, 0.717) is 17.7 Å². The van der Waals surface area contributed by atoms with Gasteiger partial charge in [0.25, 0.3) is 5.91 Å². The number of anilines is 1. The van der Waals surface area contributed by atoms with Crippen LogP contribution in [0.15, 0.2) is 54.9 Å². The number of para-hydroxylation sites is 1. The van der Waals surface area contributed by atoms with Gasteiger partial charge in [0.15, 0.2) is 0 Å². The molecule has 0 radical (unpaired) electrons. The van der Waals surface area contributed by atoms with Crippen molar-refractivity contribution < 1.29 is 4.79 Å². The zero-order valence-corrected chi connectivity index (χ0v) is 17.5. The van der Waals surface area contributed by atoms with E-state index < -0.39 is 0 Å². The lowest BCUT2D eigenvalue weighted by molar-refractivity contribution is 0.0759. The summed E-state index contributed by atoms with van der Waals surface area (Å²) < 4.78 is 0. The van der Waals surface area contributed by atoms with Crippen LogP contribution in [-0.2, 0) is 0 Å². The number of carbonyl (C=O) groups is 1. The van der Waals surface area contributed by atoms with Crippen LogP contribution >= 0.6 is 0 Å². The van der Waals surface area contributed by atoms with Crippen molar-refractivity contribution >= 4 is 22.6 Å². The molecule has 1 amide bonds. The molecule has 3 heterocycles. The molecule has 31 heavy (non-hydrogen) atoms. The van der Waals surface area contributed by atoms with Gasteiger partial charge in [0, 0.05) is 30.6 Å². The molecule has 2 aliphatic rings. The second kappa shape index (κ2) is 7.99. The van der Waals surface area contributed by atoms with Gasteiger partial charge in [0.1, 0.15) is 12.1 Å². The third kappa shape index (κ3) is 3.40. The molecule has 2 fully saturated rings. The van der Waals surface area contributed by atoms with Crippen molar-refractivity contribution in [2.24, 2.45) is 0 Å². The maximum atomic E-state index is 13.2. The number of carbonyl (C=O) groups excluding carboxylic acids is 1. The molecule has 2 aliphatic heterocycles. The number of aromatic nitrogens is 2. The number of hydrogen-bond donors (Lipinski definition) is 0. The smallest absolute Gasteiger partial charge is 0.255 e. The summed E-state index contributed by atoms with van der Waals surface area (Å²) in [6.45, 7) is 2.39. The van der Waals surface area contributed by atoms with Crippen LogP contribution < -0.4 is 4.90 Å². The Bertz CT molecular complexity index is 1160. The molecule has 1 spiro atoms. The average Bonchev–Trinajstić information content (AvgIpc) is 3.10. The summed E-state index contributed by atoms with van der Waals surface area (Å²) in [4.78, 5) is 26.7. The average molecular weight is 412 g/mol. The Morgan fingerprint density at radius 1 is 0.935 bits per heavy atom. The number of fused-ring (bicyclic) bond motifs is 1. The number of amides is 1. The zero-order chi connectivity index (χ0) is 21.3. The Kier molecular flexibility index (Phi) is 5.03. The van der Waals surface area contributed by atoms with Gasteiger partial charge in [-0.1, -0.05) is 24.3 Å². The quantitative estimate of drug-likeness (QED) is 0.633. The predicted molar refractivity (Wildman–Crippen MR) is 120 cm³/mol. The van der Waals surface area contributed by atoms with Gasteiger partial charge < -0.3 is 9.80 Å². The predicted octanol–water partition coefficient (Wildman–Crippen LogP) is 4.17. The van der Waals surface area contributed by atoms with E-state index >= 15 is 0 Å². The molecule has 1 unspecified atom stereocenters. The van der Waals surface area contributed by atoms with Crippen LogP contribution in [0.5, 0.6) is 0 Å². The van der Waals surface area contributed by atoms with E-state index in [1.165, 1.54) is 0 Å². The van der Waals surface area contributed by atoms with Crippen molar-refractivity contribution in [1.82, 2.24) is 14.9 Å². The summed E-state index contributed by atoms with van der Waals surface area (Å²) in [6, 6.07) is 17.4. The highest BCUT2D eigenvalue weighted by molar-refractivity contribution is 5.96. The minimum absolute atomic E-state index is 0.0148. The van der Waals surface area contributed by atoms with Gasteiger partial charge in [-0.25, -0.2) is 9.97 Å². The third-order valence-electron chi connectivity index (χ3n) is 6.86. The molecular weight excluding hydrogens is 386 g/mol. The number of nitrogens with zero attached hydrogens (tertiary/aromatic N) is 5. The van der Waals surface area contributed by atoms with Gasteiger partial charge in [-0.05, 0) is 56.4 Å². The number of nitriles is 1. The molecule has 0 saturated carbocycles. The van der Waals surface area contributed by atoms with Gasteiger partial charge in [-0.15, -0.1) is 0 Å². The monoisotopic (exact) mass is 411 g/mol. The fourth-order valence-corrected chi connectivity index (χ4v) is 5.31. The number of hydrogen-bond acceptors (Lipinski definition) is 5. The number of rotatable bonds is 2. The molecule has 2 aromatic carbocycles. The Labute approximate surface area is 182 Å². The highest BCUT2D eigenvalue weighted by atomic mass is 16.2. The maximum absolute atomic E-state index is 13.2. The van der Waals surface area contributed by atoms with Gasteiger partial charge in [0.2, 0.25) is 0 Å². The van der Waals surface area contributed by atoms with Crippen LogP contribution in [-0.4, -0.2) is 45.9 Å². The standard InChI is InChI=1S/C25H25N5O/c26-17-19-7-1-2-8-20(19)24(31)29-14-5-11-25(13-16-29)12-6-15-30(25)23-21-9-3-4-10-22(21)27-18-28-23/h1-4,7-10,18H,5-6,11-16H2. The van der Waals surface area contributed by atoms with E-state index in [1.807, 2.05) is 29.2 Å². The van der Waals surface area contributed by atoms with Crippen molar-refractivity contribution in [3.8, 4) is 6.07 Å². The lowest BCUT2D eigenvalue weighted by Gasteiger charge is -2.39. The summed E-state index contributed by atoms with van der Waals surface area (Å²) in [5.41, 5.74) is 1.93. The first-order valence-corrected chi connectivity index (χ1v) is 11.0. The van der Waals surface area contributed by atoms with Crippen molar-refractivity contribution in [1.29, 1.82) is 5.26 Å². The fourth-order valence-electron chi connectivity index (χ4n) is 5.31. The number of benzene rings is 2. The number of likely N-dealkylation sites (tertiary alicyclic amines) is 1. The van der Waals surface area contributed by atoms with Crippen LogP contribution in [0.3, 0.4) is 0 Å². The van der Waals surface area contributed by atoms with E-state index in [0.717, 1.165) is 61.9 Å². The lowest BCUT2D eigenvalue weighted by atomic mass is 9.87. The van der Waals surface area contributed by atoms with Gasteiger partial charge in [-0.2, -0.15) is 5.26 Å². The summed E-state index contributed by atoms with van der Waals surface area (Å²) in [7, 11) is 0. The summed E-state index contributed by atoms with van der Waals surface area (Å²) in [5.74, 6) is 0.976. The van der Waals surface area contributed by atoms with E-state index in [2.05, 4.69) is 22.0 Å². The van der Waals surface area contributed by atoms with Crippen LogP contribution in [0.25, 0.3) is 10.9 Å². The molecule has 0 bridgehead atoms. The van der Waals surface area contributed by atoms with Crippen molar-refractivity contribution in [3.63, 3.8) is 0 Å². The van der Waals surface area contributed by atoms with Gasteiger partial charge in [0.05, 0.1) is 22.7 Å². The van der Waals surface area contributed by atoms with E-state index in [-0.39, 0.29) is 11.4 Å². The topological polar surface area (TPSA) is 73.1 Å². The largest absolute Gasteiger partial charge is 0.350 e. The summed E-state index contributed by atoms with van der Waals surface area (Å²) >= 11 is 0. The van der Waals surface area contributed by atoms with Crippen molar-refractivity contribution in [2.75, 3.05) is 24.5 Å². The van der Waals surface area contributed by atoms with Crippen LogP contribution in [0.2, 0.25) is 0 Å². The van der Waals surface area contributed by atoms with Crippen LogP contribution in [0.1, 0.15) is 48.0 Å². The van der Waals surface area contributed by atoms with Crippen molar-refractivity contribution in [2.45, 2.75) is 37.6 Å². The Morgan fingerprint density at radius 3 is 2.58 bits per heavy atom. The summed E-state index contributed by atoms with van der Waals surface area (Å²) in [5, 5.41) is 10.5. The highest BCUT2D eigenvalue weighted by Gasteiger charge is 2.43. The molecule has 6 nitrogen and oxygen atoms in total. The molecule has 5 rings (SSSR count). The Morgan fingerprint density at radius 2 is 1.71 bits per heavy atom. The van der Waals surface area contributed by atoms with Gasteiger partial charge in [-0.3, -0.25) is 4.79 Å².